The van der Waals surface area contributed by atoms with Crippen LogP contribution in [0.4, 0.5) is 16.2 Å². The van der Waals surface area contributed by atoms with Gasteiger partial charge in [-0.3, -0.25) is 14.3 Å². The van der Waals surface area contributed by atoms with Crippen LogP contribution >= 0.6 is 0 Å². The van der Waals surface area contributed by atoms with Crippen molar-refractivity contribution >= 4 is 33.3 Å². The summed E-state index contributed by atoms with van der Waals surface area (Å²) < 4.78 is 30.0. The van der Waals surface area contributed by atoms with Crippen molar-refractivity contribution in [1.29, 1.82) is 0 Å². The number of carbonyl (C=O) groups excluding carboxylic acids is 2. The number of rotatable bonds is 5. The van der Waals surface area contributed by atoms with Crippen LogP contribution in [-0.2, 0) is 21.4 Å². The van der Waals surface area contributed by atoms with E-state index in [4.69, 9.17) is 0 Å². The van der Waals surface area contributed by atoms with Gasteiger partial charge in [0.05, 0.1) is 4.90 Å². The standard InChI is InChI=1S/C26H33N5O5S/c1-17(32)27-21-7-9-22(10-8-21)37(35,36)29-23-11-12-24-19-13-18(15-31(24)25(23)33)14-30(16-19)26(34)28-20-5-3-2-4-6-20/h7-12,18-20,29H,2-6,13-16H2,1H3,(H,27,32)(H,28,34)/t18-,19+/m0/s1. The first-order valence-electron chi connectivity index (χ1n) is 12.9. The topological polar surface area (TPSA) is 130 Å². The molecular weight excluding hydrogens is 494 g/mol. The first kappa shape index (κ1) is 25.3. The number of aromatic nitrogens is 1. The number of benzene rings is 1. The van der Waals surface area contributed by atoms with Crippen LogP contribution in [0.5, 0.6) is 0 Å². The third kappa shape index (κ3) is 5.51. The van der Waals surface area contributed by atoms with Gasteiger partial charge in [-0.05, 0) is 61.6 Å². The zero-order valence-corrected chi connectivity index (χ0v) is 21.7. The molecule has 0 unspecified atom stereocenters. The predicted octanol–water partition coefficient (Wildman–Crippen LogP) is 3.07. The summed E-state index contributed by atoms with van der Waals surface area (Å²) in [6.45, 7) is 2.93. The van der Waals surface area contributed by atoms with Crippen molar-refractivity contribution in [2.75, 3.05) is 23.1 Å². The van der Waals surface area contributed by atoms with Gasteiger partial charge in [0.1, 0.15) is 5.69 Å². The Morgan fingerprint density at radius 2 is 1.68 bits per heavy atom. The molecule has 11 heteroatoms. The summed E-state index contributed by atoms with van der Waals surface area (Å²) in [7, 11) is -4.00. The molecule has 2 fully saturated rings. The molecular formula is C26H33N5O5S. The van der Waals surface area contributed by atoms with E-state index < -0.39 is 10.0 Å². The molecule has 5 rings (SSSR count). The number of fused-ring (bicyclic) bond motifs is 4. The minimum Gasteiger partial charge on any atom is -0.335 e. The second-order valence-corrected chi connectivity index (χ2v) is 12.1. The van der Waals surface area contributed by atoms with E-state index in [-0.39, 0.29) is 46.0 Å². The molecule has 2 aliphatic heterocycles. The molecule has 37 heavy (non-hydrogen) atoms. The number of nitrogens with zero attached hydrogens (tertiary/aromatic N) is 2. The van der Waals surface area contributed by atoms with Gasteiger partial charge < -0.3 is 20.1 Å². The van der Waals surface area contributed by atoms with Gasteiger partial charge in [0.2, 0.25) is 5.91 Å². The Labute approximate surface area is 216 Å². The number of urea groups is 1. The van der Waals surface area contributed by atoms with Crippen molar-refractivity contribution < 1.29 is 18.0 Å². The van der Waals surface area contributed by atoms with Crippen LogP contribution < -0.4 is 20.9 Å². The lowest BCUT2D eigenvalue weighted by molar-refractivity contribution is -0.114. The van der Waals surface area contributed by atoms with Gasteiger partial charge in [0.15, 0.2) is 0 Å². The quantitative estimate of drug-likeness (QED) is 0.550. The van der Waals surface area contributed by atoms with E-state index in [9.17, 15) is 22.8 Å². The maximum absolute atomic E-state index is 13.3. The van der Waals surface area contributed by atoms with E-state index in [1.165, 1.54) is 43.7 Å². The molecule has 1 saturated heterocycles. The summed E-state index contributed by atoms with van der Waals surface area (Å²) in [6.07, 6.45) is 6.50. The first-order valence-corrected chi connectivity index (χ1v) is 14.4. The molecule has 3 N–H and O–H groups in total. The van der Waals surface area contributed by atoms with Gasteiger partial charge in [0.25, 0.3) is 15.6 Å². The lowest BCUT2D eigenvalue weighted by Gasteiger charge is -2.43. The highest BCUT2D eigenvalue weighted by Gasteiger charge is 2.37. The molecule has 1 saturated carbocycles. The zero-order valence-electron chi connectivity index (χ0n) is 20.9. The van der Waals surface area contributed by atoms with Gasteiger partial charge in [-0.15, -0.1) is 0 Å². The predicted molar refractivity (Wildman–Crippen MR) is 140 cm³/mol. The Kier molecular flexibility index (Phi) is 6.98. The smallest absolute Gasteiger partial charge is 0.317 e. The van der Waals surface area contributed by atoms with E-state index in [2.05, 4.69) is 15.4 Å². The van der Waals surface area contributed by atoms with E-state index >= 15 is 0 Å². The summed E-state index contributed by atoms with van der Waals surface area (Å²) in [5.41, 5.74) is 0.916. The number of likely N-dealkylation sites (tertiary alicyclic amines) is 1. The summed E-state index contributed by atoms with van der Waals surface area (Å²) >= 11 is 0. The van der Waals surface area contributed by atoms with Crippen molar-refractivity contribution in [1.82, 2.24) is 14.8 Å². The fourth-order valence-electron chi connectivity index (χ4n) is 5.83. The highest BCUT2D eigenvalue weighted by atomic mass is 32.2. The van der Waals surface area contributed by atoms with E-state index in [1.54, 1.807) is 10.6 Å². The maximum atomic E-state index is 13.3. The fraction of sp³-hybridized carbons (Fsp3) is 0.500. The lowest BCUT2D eigenvalue weighted by atomic mass is 9.83. The van der Waals surface area contributed by atoms with Crippen LogP contribution in [0, 0.1) is 5.92 Å². The van der Waals surface area contributed by atoms with Gasteiger partial charge in [0, 0.05) is 49.9 Å². The van der Waals surface area contributed by atoms with Crippen LogP contribution in [0.15, 0.2) is 46.1 Å². The second kappa shape index (κ2) is 10.2. The molecule has 2 atom stereocenters. The Morgan fingerprint density at radius 1 is 0.946 bits per heavy atom. The van der Waals surface area contributed by atoms with Crippen LogP contribution in [-0.4, -0.2) is 49.0 Å². The van der Waals surface area contributed by atoms with Gasteiger partial charge in [-0.2, -0.15) is 0 Å². The number of sulfonamides is 1. The molecule has 3 aliphatic rings. The summed E-state index contributed by atoms with van der Waals surface area (Å²) in [6, 6.07) is 9.27. The van der Waals surface area contributed by atoms with Crippen LogP contribution in [0.3, 0.4) is 0 Å². The average molecular weight is 528 g/mol. The number of hydrogen-bond acceptors (Lipinski definition) is 5. The minimum atomic E-state index is -4.00. The van der Waals surface area contributed by atoms with Crippen molar-refractivity contribution in [2.45, 2.75) is 68.8 Å². The summed E-state index contributed by atoms with van der Waals surface area (Å²) in [5, 5.41) is 5.79. The molecule has 2 bridgehead atoms. The van der Waals surface area contributed by atoms with E-state index in [0.29, 0.717) is 25.3 Å². The summed E-state index contributed by atoms with van der Waals surface area (Å²) in [4.78, 5) is 39.3. The molecule has 1 aromatic heterocycles. The molecule has 2 aromatic rings. The highest BCUT2D eigenvalue weighted by molar-refractivity contribution is 7.92. The van der Waals surface area contributed by atoms with Gasteiger partial charge >= 0.3 is 6.03 Å². The first-order chi connectivity index (χ1) is 17.7. The molecule has 1 aromatic carbocycles. The van der Waals surface area contributed by atoms with Gasteiger partial charge in [-0.1, -0.05) is 19.3 Å². The third-order valence-electron chi connectivity index (χ3n) is 7.55. The largest absolute Gasteiger partial charge is 0.335 e. The normalized spacial score (nSPS) is 21.6. The van der Waals surface area contributed by atoms with Crippen LogP contribution in [0.2, 0.25) is 0 Å². The van der Waals surface area contributed by atoms with E-state index in [0.717, 1.165) is 37.8 Å². The Balaban J connectivity index is 1.30. The fourth-order valence-corrected chi connectivity index (χ4v) is 6.88. The number of anilines is 2. The average Bonchev–Trinajstić information content (AvgIpc) is 2.86. The monoisotopic (exact) mass is 527 g/mol. The van der Waals surface area contributed by atoms with Gasteiger partial charge in [-0.25, -0.2) is 13.2 Å². The van der Waals surface area contributed by atoms with Crippen molar-refractivity contribution in [3.8, 4) is 0 Å². The minimum absolute atomic E-state index is 0.0124. The molecule has 0 spiro atoms. The SMILES string of the molecule is CC(=O)Nc1ccc(S(=O)(=O)Nc2ccc3n(c2=O)C[C@H]2C[C@@H]3CN(C(=O)NC3CCCCC3)C2)cc1. The van der Waals surface area contributed by atoms with Crippen LogP contribution in [0.25, 0.3) is 0 Å². The maximum Gasteiger partial charge on any atom is 0.317 e. The third-order valence-corrected chi connectivity index (χ3v) is 8.93. The highest BCUT2D eigenvalue weighted by Crippen LogP contribution is 2.35. The van der Waals surface area contributed by atoms with Crippen LogP contribution in [0.1, 0.15) is 57.1 Å². The second-order valence-electron chi connectivity index (χ2n) is 10.4. The summed E-state index contributed by atoms with van der Waals surface area (Å²) in [5.74, 6) is -0.0907. The lowest BCUT2D eigenvalue weighted by Crippen LogP contribution is -2.53. The zero-order chi connectivity index (χ0) is 26.2. The number of nitrogens with one attached hydrogen (secondary N) is 3. The molecule has 198 valence electrons. The molecule has 10 nitrogen and oxygen atoms in total. The molecule has 0 radical (unpaired) electrons. The number of pyridine rings is 1. The number of piperidine rings is 1. The Morgan fingerprint density at radius 3 is 2.38 bits per heavy atom. The number of amides is 3. The Bertz CT molecular complexity index is 1350. The molecule has 3 amide bonds. The number of hydrogen-bond donors (Lipinski definition) is 3. The molecule has 1 aliphatic carbocycles. The van der Waals surface area contributed by atoms with Crippen molar-refractivity contribution in [3.05, 3.63) is 52.4 Å². The number of carbonyl (C=O) groups is 2. The Hall–Kier alpha value is -3.34. The van der Waals surface area contributed by atoms with E-state index in [1.807, 2.05) is 4.90 Å². The van der Waals surface area contributed by atoms with Crippen molar-refractivity contribution in [2.24, 2.45) is 5.92 Å². The molecule has 3 heterocycles. The van der Waals surface area contributed by atoms with Crippen molar-refractivity contribution in [3.63, 3.8) is 0 Å².